The molecule has 1 aromatic heterocycles. The fourth-order valence-corrected chi connectivity index (χ4v) is 3.86. The van der Waals surface area contributed by atoms with E-state index in [0.717, 1.165) is 15.6 Å². The largest absolute Gasteiger partial charge is 0.452 e. The van der Waals surface area contributed by atoms with Crippen molar-refractivity contribution in [3.05, 3.63) is 101 Å². The molecule has 0 saturated heterocycles. The normalized spacial score (nSPS) is 11.7. The Morgan fingerprint density at radius 3 is 2.50 bits per heavy atom. The molecule has 1 amide bonds. The van der Waals surface area contributed by atoms with E-state index in [1.165, 1.54) is 0 Å². The highest BCUT2D eigenvalue weighted by Crippen LogP contribution is 2.27. The first-order valence-corrected chi connectivity index (χ1v) is 11.0. The van der Waals surface area contributed by atoms with Crippen molar-refractivity contribution in [3.63, 3.8) is 0 Å². The molecule has 0 bridgehead atoms. The van der Waals surface area contributed by atoms with Gasteiger partial charge in [0.2, 0.25) is 0 Å². The van der Waals surface area contributed by atoms with Crippen LogP contribution in [0.15, 0.2) is 89.4 Å². The van der Waals surface area contributed by atoms with Crippen LogP contribution in [0.3, 0.4) is 0 Å². The van der Waals surface area contributed by atoms with E-state index in [-0.39, 0.29) is 18.6 Å². The summed E-state index contributed by atoms with van der Waals surface area (Å²) in [5.41, 5.74) is 3.55. The van der Waals surface area contributed by atoms with Gasteiger partial charge in [0.05, 0.1) is 22.8 Å². The standard InChI is InChI=1S/C26H21BrN2O3/c1-17(18-8-3-2-4-9-18)28-25(30)16-32-26(31)22-15-24(19-10-7-11-20(27)14-19)29-23-13-6-5-12-21(22)23/h2-15,17H,16H2,1H3,(H,28,30)/t17-/m0/s1. The van der Waals surface area contributed by atoms with Crippen molar-refractivity contribution < 1.29 is 14.3 Å². The summed E-state index contributed by atoms with van der Waals surface area (Å²) < 4.78 is 6.28. The summed E-state index contributed by atoms with van der Waals surface area (Å²) >= 11 is 3.47. The molecule has 1 heterocycles. The van der Waals surface area contributed by atoms with E-state index in [1.807, 2.05) is 85.8 Å². The maximum Gasteiger partial charge on any atom is 0.339 e. The van der Waals surface area contributed by atoms with Gasteiger partial charge in [0.1, 0.15) is 0 Å². The predicted octanol–water partition coefficient (Wildman–Crippen LogP) is 5.70. The van der Waals surface area contributed by atoms with Crippen LogP contribution in [-0.2, 0) is 9.53 Å². The van der Waals surface area contributed by atoms with Crippen LogP contribution in [0.2, 0.25) is 0 Å². The van der Waals surface area contributed by atoms with E-state index < -0.39 is 5.97 Å². The van der Waals surface area contributed by atoms with Crippen molar-refractivity contribution in [2.75, 3.05) is 6.61 Å². The Morgan fingerprint density at radius 2 is 1.72 bits per heavy atom. The summed E-state index contributed by atoms with van der Waals surface area (Å²) in [5.74, 6) is -0.928. The summed E-state index contributed by atoms with van der Waals surface area (Å²) in [6.45, 7) is 1.52. The van der Waals surface area contributed by atoms with Gasteiger partial charge in [0.15, 0.2) is 6.61 Å². The number of hydrogen-bond acceptors (Lipinski definition) is 4. The molecule has 0 aliphatic heterocycles. The predicted molar refractivity (Wildman–Crippen MR) is 128 cm³/mol. The van der Waals surface area contributed by atoms with E-state index in [9.17, 15) is 9.59 Å². The molecule has 3 aromatic carbocycles. The van der Waals surface area contributed by atoms with Crippen molar-refractivity contribution >= 4 is 38.7 Å². The van der Waals surface area contributed by atoms with Gasteiger partial charge in [-0.3, -0.25) is 4.79 Å². The van der Waals surface area contributed by atoms with Gasteiger partial charge in [-0.25, -0.2) is 9.78 Å². The summed E-state index contributed by atoms with van der Waals surface area (Å²) in [6, 6.07) is 26.2. The Kier molecular flexibility index (Phi) is 6.61. The molecular formula is C26H21BrN2O3. The van der Waals surface area contributed by atoms with Crippen LogP contribution in [-0.4, -0.2) is 23.5 Å². The lowest BCUT2D eigenvalue weighted by molar-refractivity contribution is -0.124. The maximum absolute atomic E-state index is 12.9. The number of carbonyl (C=O) groups is 2. The van der Waals surface area contributed by atoms with Crippen LogP contribution in [0.4, 0.5) is 0 Å². The Balaban J connectivity index is 1.53. The number of esters is 1. The molecule has 0 aliphatic rings. The summed E-state index contributed by atoms with van der Waals surface area (Å²) in [5, 5.41) is 3.53. The number of aromatic nitrogens is 1. The number of para-hydroxylation sites is 1. The zero-order valence-electron chi connectivity index (χ0n) is 17.4. The molecule has 1 atom stereocenters. The quantitative estimate of drug-likeness (QED) is 0.353. The Bertz CT molecular complexity index is 1270. The topological polar surface area (TPSA) is 68.3 Å². The highest BCUT2D eigenvalue weighted by Gasteiger charge is 2.17. The number of carbonyl (C=O) groups excluding carboxylic acids is 2. The SMILES string of the molecule is C[C@H](NC(=O)COC(=O)c1cc(-c2cccc(Br)c2)nc2ccccc12)c1ccccc1. The summed E-state index contributed by atoms with van der Waals surface area (Å²) in [6.07, 6.45) is 0. The zero-order valence-corrected chi connectivity index (χ0v) is 19.0. The van der Waals surface area contributed by atoms with E-state index in [2.05, 4.69) is 26.2 Å². The number of amides is 1. The Labute approximate surface area is 194 Å². The van der Waals surface area contributed by atoms with E-state index in [4.69, 9.17) is 4.74 Å². The van der Waals surface area contributed by atoms with Gasteiger partial charge in [-0.2, -0.15) is 0 Å². The molecular weight excluding hydrogens is 468 g/mol. The lowest BCUT2D eigenvalue weighted by atomic mass is 10.0. The fourth-order valence-electron chi connectivity index (χ4n) is 3.46. The number of rotatable bonds is 6. The maximum atomic E-state index is 12.9. The minimum atomic E-state index is -0.567. The van der Waals surface area contributed by atoms with Gasteiger partial charge < -0.3 is 10.1 Å². The average Bonchev–Trinajstić information content (AvgIpc) is 2.82. The van der Waals surface area contributed by atoms with Gasteiger partial charge in [0, 0.05) is 15.4 Å². The molecule has 0 spiro atoms. The monoisotopic (exact) mass is 488 g/mol. The fraction of sp³-hybridized carbons (Fsp3) is 0.115. The van der Waals surface area contributed by atoms with Gasteiger partial charge in [-0.15, -0.1) is 0 Å². The molecule has 4 aromatic rings. The van der Waals surface area contributed by atoms with Crippen molar-refractivity contribution in [1.82, 2.24) is 10.3 Å². The minimum absolute atomic E-state index is 0.188. The molecule has 5 nitrogen and oxygen atoms in total. The number of pyridine rings is 1. The first-order chi connectivity index (χ1) is 15.5. The number of ether oxygens (including phenoxy) is 1. The van der Waals surface area contributed by atoms with Gasteiger partial charge >= 0.3 is 5.97 Å². The van der Waals surface area contributed by atoms with E-state index in [0.29, 0.717) is 22.2 Å². The summed E-state index contributed by atoms with van der Waals surface area (Å²) in [4.78, 5) is 30.0. The number of benzene rings is 3. The number of hydrogen-bond donors (Lipinski definition) is 1. The first kappa shape index (κ1) is 21.7. The van der Waals surface area contributed by atoms with Crippen LogP contribution in [0.5, 0.6) is 0 Å². The molecule has 160 valence electrons. The minimum Gasteiger partial charge on any atom is -0.452 e. The van der Waals surface area contributed by atoms with Gasteiger partial charge in [-0.05, 0) is 36.8 Å². The molecule has 0 saturated carbocycles. The smallest absolute Gasteiger partial charge is 0.339 e. The third-order valence-electron chi connectivity index (χ3n) is 5.07. The molecule has 0 radical (unpaired) electrons. The number of halogens is 1. The van der Waals surface area contributed by atoms with Crippen LogP contribution in [0, 0.1) is 0 Å². The number of nitrogens with zero attached hydrogens (tertiary/aromatic N) is 1. The van der Waals surface area contributed by atoms with Crippen LogP contribution in [0.25, 0.3) is 22.2 Å². The van der Waals surface area contributed by atoms with Crippen molar-refractivity contribution in [1.29, 1.82) is 0 Å². The lowest BCUT2D eigenvalue weighted by Gasteiger charge is -2.15. The second-order valence-corrected chi connectivity index (χ2v) is 8.27. The van der Waals surface area contributed by atoms with E-state index >= 15 is 0 Å². The Hall–Kier alpha value is -3.51. The molecule has 4 rings (SSSR count). The second-order valence-electron chi connectivity index (χ2n) is 7.36. The lowest BCUT2D eigenvalue weighted by Crippen LogP contribution is -2.31. The van der Waals surface area contributed by atoms with E-state index in [1.54, 1.807) is 6.07 Å². The molecule has 1 N–H and O–H groups in total. The highest BCUT2D eigenvalue weighted by atomic mass is 79.9. The number of fused-ring (bicyclic) bond motifs is 1. The van der Waals surface area contributed by atoms with Crippen LogP contribution in [0.1, 0.15) is 28.9 Å². The van der Waals surface area contributed by atoms with Gasteiger partial charge in [0.25, 0.3) is 5.91 Å². The summed E-state index contributed by atoms with van der Waals surface area (Å²) in [7, 11) is 0. The molecule has 0 unspecified atom stereocenters. The zero-order chi connectivity index (χ0) is 22.5. The molecule has 0 fully saturated rings. The third kappa shape index (κ3) is 5.03. The van der Waals surface area contributed by atoms with Crippen molar-refractivity contribution in [2.24, 2.45) is 0 Å². The third-order valence-corrected chi connectivity index (χ3v) is 5.56. The average molecular weight is 489 g/mol. The van der Waals surface area contributed by atoms with Crippen LogP contribution < -0.4 is 5.32 Å². The Morgan fingerprint density at radius 1 is 0.969 bits per heavy atom. The van der Waals surface area contributed by atoms with Crippen molar-refractivity contribution in [2.45, 2.75) is 13.0 Å². The van der Waals surface area contributed by atoms with Crippen molar-refractivity contribution in [3.8, 4) is 11.3 Å². The van der Waals surface area contributed by atoms with Gasteiger partial charge in [-0.1, -0.05) is 76.6 Å². The first-order valence-electron chi connectivity index (χ1n) is 10.2. The van der Waals surface area contributed by atoms with Crippen LogP contribution >= 0.6 is 15.9 Å². The molecule has 0 aliphatic carbocycles. The molecule has 6 heteroatoms. The second kappa shape index (κ2) is 9.75. The number of nitrogens with one attached hydrogen (secondary N) is 1. The molecule has 32 heavy (non-hydrogen) atoms. The highest BCUT2D eigenvalue weighted by molar-refractivity contribution is 9.10.